The molecule has 0 radical (unpaired) electrons. The molecular weight excluding hydrogens is 362 g/mol. The number of amides is 1. The Kier molecular flexibility index (Phi) is 5.86. The van der Waals surface area contributed by atoms with Crippen molar-refractivity contribution in [3.05, 3.63) is 64.7 Å². The van der Waals surface area contributed by atoms with Gasteiger partial charge in [0.1, 0.15) is 6.54 Å². The van der Waals surface area contributed by atoms with Crippen LogP contribution in [0.25, 0.3) is 11.4 Å². The molecule has 1 heterocycles. The van der Waals surface area contributed by atoms with E-state index in [0.717, 1.165) is 11.1 Å². The van der Waals surface area contributed by atoms with Gasteiger partial charge in [-0.25, -0.2) is 0 Å². The third kappa shape index (κ3) is 4.71. The van der Waals surface area contributed by atoms with E-state index in [-0.39, 0.29) is 18.5 Å². The molecule has 0 saturated heterocycles. The van der Waals surface area contributed by atoms with Crippen LogP contribution >= 0.6 is 11.6 Å². The maximum atomic E-state index is 12.3. The molecule has 1 N–H and O–H groups in total. The summed E-state index contributed by atoms with van der Waals surface area (Å²) in [5, 5.41) is 15.8. The van der Waals surface area contributed by atoms with E-state index in [0.29, 0.717) is 16.8 Å². The van der Waals surface area contributed by atoms with Gasteiger partial charge in [-0.3, -0.25) is 4.79 Å². The van der Waals surface area contributed by atoms with Gasteiger partial charge < -0.3 is 5.32 Å². The van der Waals surface area contributed by atoms with Crippen LogP contribution < -0.4 is 5.32 Å². The molecule has 27 heavy (non-hydrogen) atoms. The number of nitrogens with one attached hydrogen (secondary N) is 1. The Balaban J connectivity index is 1.63. The van der Waals surface area contributed by atoms with Crippen LogP contribution in [0.3, 0.4) is 0 Å². The summed E-state index contributed by atoms with van der Waals surface area (Å²) in [6, 6.07) is 15.3. The van der Waals surface area contributed by atoms with E-state index >= 15 is 0 Å². The van der Waals surface area contributed by atoms with Gasteiger partial charge in [0.05, 0.1) is 6.04 Å². The van der Waals surface area contributed by atoms with Crippen molar-refractivity contribution in [1.82, 2.24) is 25.5 Å². The predicted octanol–water partition coefficient (Wildman–Crippen LogP) is 3.99. The van der Waals surface area contributed by atoms with E-state index in [1.54, 1.807) is 6.07 Å². The molecule has 7 heteroatoms. The molecule has 3 rings (SSSR count). The SMILES string of the molecule is CC(C)c1ccc(-c2nnn(CC(=O)N[C@@H](C)c3ccccc3Cl)n2)cc1. The molecule has 0 aliphatic rings. The summed E-state index contributed by atoms with van der Waals surface area (Å²) in [6.07, 6.45) is 0. The maximum Gasteiger partial charge on any atom is 0.244 e. The number of nitrogens with zero attached hydrogens (tertiary/aromatic N) is 4. The first kappa shape index (κ1) is 19.0. The zero-order valence-electron chi connectivity index (χ0n) is 15.6. The van der Waals surface area contributed by atoms with Crippen molar-refractivity contribution in [2.24, 2.45) is 0 Å². The monoisotopic (exact) mass is 383 g/mol. The van der Waals surface area contributed by atoms with Crippen LogP contribution in [0, 0.1) is 0 Å². The van der Waals surface area contributed by atoms with Gasteiger partial charge in [-0.05, 0) is 35.2 Å². The number of hydrogen-bond acceptors (Lipinski definition) is 4. The second kappa shape index (κ2) is 8.31. The van der Waals surface area contributed by atoms with Gasteiger partial charge in [-0.1, -0.05) is 67.9 Å². The largest absolute Gasteiger partial charge is 0.348 e. The number of tetrazole rings is 1. The lowest BCUT2D eigenvalue weighted by Gasteiger charge is -2.15. The van der Waals surface area contributed by atoms with E-state index in [1.165, 1.54) is 10.4 Å². The average Bonchev–Trinajstić information content (AvgIpc) is 3.10. The minimum atomic E-state index is -0.210. The Morgan fingerprint density at radius 2 is 1.81 bits per heavy atom. The van der Waals surface area contributed by atoms with Gasteiger partial charge in [0.2, 0.25) is 11.7 Å². The van der Waals surface area contributed by atoms with Gasteiger partial charge >= 0.3 is 0 Å². The highest BCUT2D eigenvalue weighted by atomic mass is 35.5. The van der Waals surface area contributed by atoms with Gasteiger partial charge in [-0.15, -0.1) is 10.2 Å². The first-order chi connectivity index (χ1) is 12.9. The molecule has 0 aliphatic carbocycles. The highest BCUT2D eigenvalue weighted by molar-refractivity contribution is 6.31. The third-order valence-electron chi connectivity index (χ3n) is 4.32. The molecule has 0 unspecified atom stereocenters. The number of hydrogen-bond donors (Lipinski definition) is 1. The summed E-state index contributed by atoms with van der Waals surface area (Å²) in [5.74, 6) is 0.755. The quantitative estimate of drug-likeness (QED) is 0.698. The van der Waals surface area contributed by atoms with E-state index in [1.807, 2.05) is 37.3 Å². The molecule has 1 atom stereocenters. The van der Waals surface area contributed by atoms with Gasteiger partial charge in [0.25, 0.3) is 0 Å². The summed E-state index contributed by atoms with van der Waals surface area (Å²) in [6.45, 7) is 6.17. The number of halogens is 1. The fraction of sp³-hybridized carbons (Fsp3) is 0.300. The fourth-order valence-electron chi connectivity index (χ4n) is 2.76. The van der Waals surface area contributed by atoms with Crippen LogP contribution in [0.1, 0.15) is 43.9 Å². The molecule has 0 spiro atoms. The van der Waals surface area contributed by atoms with Gasteiger partial charge in [0, 0.05) is 10.6 Å². The molecule has 6 nitrogen and oxygen atoms in total. The Hall–Kier alpha value is -2.73. The van der Waals surface area contributed by atoms with E-state index in [4.69, 9.17) is 11.6 Å². The summed E-state index contributed by atoms with van der Waals surface area (Å²) >= 11 is 6.17. The zero-order chi connectivity index (χ0) is 19.4. The predicted molar refractivity (Wildman–Crippen MR) is 105 cm³/mol. The highest BCUT2D eigenvalue weighted by Crippen LogP contribution is 2.22. The number of aromatic nitrogens is 4. The highest BCUT2D eigenvalue weighted by Gasteiger charge is 2.14. The van der Waals surface area contributed by atoms with Crippen LogP contribution in [0.2, 0.25) is 5.02 Å². The number of carbonyl (C=O) groups excluding carboxylic acids is 1. The Bertz CT molecular complexity index is 920. The van der Waals surface area contributed by atoms with E-state index in [9.17, 15) is 4.79 Å². The molecule has 3 aromatic rings. The molecule has 0 saturated carbocycles. The van der Waals surface area contributed by atoms with Gasteiger partial charge in [-0.2, -0.15) is 4.80 Å². The molecule has 0 bridgehead atoms. The Labute approximate surface area is 163 Å². The van der Waals surface area contributed by atoms with Crippen LogP contribution in [0.15, 0.2) is 48.5 Å². The summed E-state index contributed by atoms with van der Waals surface area (Å²) < 4.78 is 0. The van der Waals surface area contributed by atoms with Crippen molar-refractivity contribution in [3.63, 3.8) is 0 Å². The number of benzene rings is 2. The van der Waals surface area contributed by atoms with E-state index in [2.05, 4.69) is 46.7 Å². The van der Waals surface area contributed by atoms with Crippen molar-refractivity contribution in [3.8, 4) is 11.4 Å². The molecular formula is C20H22ClN5O. The molecule has 2 aromatic carbocycles. The number of rotatable bonds is 6. The van der Waals surface area contributed by atoms with Crippen molar-refractivity contribution in [2.75, 3.05) is 0 Å². The lowest BCUT2D eigenvalue weighted by atomic mass is 10.0. The Morgan fingerprint density at radius 3 is 2.48 bits per heavy atom. The first-order valence-electron chi connectivity index (χ1n) is 8.86. The maximum absolute atomic E-state index is 12.3. The second-order valence-corrected chi connectivity index (χ2v) is 7.14. The van der Waals surface area contributed by atoms with Gasteiger partial charge in [0.15, 0.2) is 0 Å². The average molecular weight is 384 g/mol. The molecule has 1 amide bonds. The first-order valence-corrected chi connectivity index (χ1v) is 9.23. The zero-order valence-corrected chi connectivity index (χ0v) is 16.3. The van der Waals surface area contributed by atoms with Crippen LogP contribution in [-0.2, 0) is 11.3 Å². The smallest absolute Gasteiger partial charge is 0.244 e. The molecule has 0 fully saturated rings. The topological polar surface area (TPSA) is 72.7 Å². The van der Waals surface area contributed by atoms with Crippen molar-refractivity contribution < 1.29 is 4.79 Å². The van der Waals surface area contributed by atoms with E-state index < -0.39 is 0 Å². The second-order valence-electron chi connectivity index (χ2n) is 6.73. The fourth-order valence-corrected chi connectivity index (χ4v) is 3.06. The molecule has 140 valence electrons. The van der Waals surface area contributed by atoms with Crippen LogP contribution in [0.4, 0.5) is 0 Å². The summed E-state index contributed by atoms with van der Waals surface area (Å²) in [7, 11) is 0. The minimum absolute atomic E-state index is 0.00807. The molecule has 1 aromatic heterocycles. The standard InChI is InChI=1S/C20H22ClN5O/c1-13(2)15-8-10-16(11-9-15)20-23-25-26(24-20)12-19(27)22-14(3)17-6-4-5-7-18(17)21/h4-11,13-14H,12H2,1-3H3,(H,22,27)/t14-/m0/s1. The van der Waals surface area contributed by atoms with Crippen molar-refractivity contribution in [2.45, 2.75) is 39.3 Å². The lowest BCUT2D eigenvalue weighted by Crippen LogP contribution is -2.31. The third-order valence-corrected chi connectivity index (χ3v) is 4.67. The van der Waals surface area contributed by atoms with Crippen molar-refractivity contribution in [1.29, 1.82) is 0 Å². The summed E-state index contributed by atoms with van der Waals surface area (Å²) in [4.78, 5) is 13.6. The lowest BCUT2D eigenvalue weighted by molar-refractivity contribution is -0.122. The van der Waals surface area contributed by atoms with Crippen LogP contribution in [0.5, 0.6) is 0 Å². The summed E-state index contributed by atoms with van der Waals surface area (Å²) in [5.41, 5.74) is 2.99. The Morgan fingerprint density at radius 1 is 1.11 bits per heavy atom. The van der Waals surface area contributed by atoms with Crippen molar-refractivity contribution >= 4 is 17.5 Å². The normalized spacial score (nSPS) is 12.2. The molecule has 0 aliphatic heterocycles. The minimum Gasteiger partial charge on any atom is -0.348 e. The van der Waals surface area contributed by atoms with Crippen LogP contribution in [-0.4, -0.2) is 26.1 Å². The number of carbonyl (C=O) groups is 1.